The fourth-order valence-corrected chi connectivity index (χ4v) is 2.43. The number of aryl methyl sites for hydroxylation is 1. The summed E-state index contributed by atoms with van der Waals surface area (Å²) in [4.78, 5) is 0. The Kier molecular flexibility index (Phi) is 5.20. The van der Waals surface area contributed by atoms with Crippen molar-refractivity contribution in [2.45, 2.75) is 52.6 Å². The first kappa shape index (κ1) is 13.9. The first-order chi connectivity index (χ1) is 9.31. The van der Waals surface area contributed by atoms with Crippen molar-refractivity contribution in [2.75, 3.05) is 0 Å². The van der Waals surface area contributed by atoms with Crippen LogP contribution in [0.25, 0.3) is 0 Å². The van der Waals surface area contributed by atoms with Crippen LogP contribution in [-0.2, 0) is 13.1 Å². The van der Waals surface area contributed by atoms with Crippen LogP contribution in [-0.4, -0.2) is 4.57 Å². The zero-order valence-electron chi connectivity index (χ0n) is 12.2. The van der Waals surface area contributed by atoms with Crippen LogP contribution in [0.2, 0.25) is 0 Å². The predicted molar refractivity (Wildman–Crippen MR) is 79.1 cm³/mol. The van der Waals surface area contributed by atoms with Crippen molar-refractivity contribution in [2.24, 2.45) is 0 Å². The van der Waals surface area contributed by atoms with E-state index < -0.39 is 0 Å². The van der Waals surface area contributed by atoms with Crippen LogP contribution in [0.15, 0.2) is 42.7 Å². The molecule has 0 spiro atoms. The molecule has 0 unspecified atom stereocenters. The summed E-state index contributed by atoms with van der Waals surface area (Å²) >= 11 is 0. The van der Waals surface area contributed by atoms with E-state index in [-0.39, 0.29) is 0 Å². The monoisotopic (exact) mass is 257 g/mol. The number of benzene rings is 1. The molecule has 0 N–H and O–H groups in total. The molecule has 0 saturated carbocycles. The van der Waals surface area contributed by atoms with Gasteiger partial charge < -0.3 is 0 Å². The summed E-state index contributed by atoms with van der Waals surface area (Å²) in [6.07, 6.45) is 9.69. The Hall–Kier alpha value is -1.57. The highest BCUT2D eigenvalue weighted by molar-refractivity contribution is 5.15. The van der Waals surface area contributed by atoms with Gasteiger partial charge in [0.1, 0.15) is 18.9 Å². The van der Waals surface area contributed by atoms with E-state index >= 15 is 0 Å². The van der Waals surface area contributed by atoms with Crippen molar-refractivity contribution < 1.29 is 4.57 Å². The van der Waals surface area contributed by atoms with Crippen LogP contribution in [0.3, 0.4) is 0 Å². The molecule has 0 radical (unpaired) electrons. The van der Waals surface area contributed by atoms with Gasteiger partial charge in [-0.15, -0.1) is 0 Å². The second kappa shape index (κ2) is 7.13. The molecule has 0 amide bonds. The van der Waals surface area contributed by atoms with E-state index in [9.17, 15) is 0 Å². The Bertz CT molecular complexity index is 485. The quantitative estimate of drug-likeness (QED) is 0.528. The van der Waals surface area contributed by atoms with E-state index in [0.717, 1.165) is 13.1 Å². The minimum absolute atomic E-state index is 0.967. The lowest BCUT2D eigenvalue weighted by Crippen LogP contribution is -2.35. The summed E-state index contributed by atoms with van der Waals surface area (Å²) in [7, 11) is 0. The van der Waals surface area contributed by atoms with E-state index in [0.29, 0.717) is 0 Å². The van der Waals surface area contributed by atoms with Crippen molar-refractivity contribution in [3.05, 3.63) is 54.1 Å². The fourth-order valence-electron chi connectivity index (χ4n) is 2.43. The molecule has 0 bridgehead atoms. The maximum atomic E-state index is 2.37. The fraction of sp³-hybridized carbons (Fsp3) is 0.471. The van der Waals surface area contributed by atoms with Crippen molar-refractivity contribution >= 4 is 0 Å². The van der Waals surface area contributed by atoms with Gasteiger partial charge in [0.2, 0.25) is 0 Å². The normalized spacial score (nSPS) is 10.8. The number of unbranched alkanes of at least 4 members (excludes halogenated alkanes) is 3. The molecule has 0 saturated heterocycles. The highest BCUT2D eigenvalue weighted by Gasteiger charge is 2.11. The molecule has 19 heavy (non-hydrogen) atoms. The number of hydrogen-bond acceptors (Lipinski definition) is 0. The van der Waals surface area contributed by atoms with Gasteiger partial charge in [-0.1, -0.05) is 50.1 Å². The second-order valence-corrected chi connectivity index (χ2v) is 5.21. The van der Waals surface area contributed by atoms with Crippen LogP contribution in [0.5, 0.6) is 0 Å². The van der Waals surface area contributed by atoms with Gasteiger partial charge in [0.15, 0.2) is 0 Å². The molecule has 0 atom stereocenters. The summed E-state index contributed by atoms with van der Waals surface area (Å²) in [5.41, 5.74) is 1.36. The van der Waals surface area contributed by atoms with Gasteiger partial charge in [0.25, 0.3) is 5.82 Å². The zero-order chi connectivity index (χ0) is 13.5. The third-order valence-electron chi connectivity index (χ3n) is 3.71. The SMILES string of the molecule is CCCCCC[n+]1ccn(Cc2ccccc2)c1C. The Morgan fingerprint density at radius 1 is 1.05 bits per heavy atom. The van der Waals surface area contributed by atoms with Gasteiger partial charge in [-0.2, -0.15) is 0 Å². The van der Waals surface area contributed by atoms with E-state index in [4.69, 9.17) is 0 Å². The standard InChI is InChI=1S/C17H25N2/c1-3-4-5-9-12-18-13-14-19(16(18)2)15-17-10-7-6-8-11-17/h6-8,10-11,13-14H,3-5,9,12,15H2,1-2H3/q+1. The van der Waals surface area contributed by atoms with E-state index in [1.54, 1.807) is 0 Å². The van der Waals surface area contributed by atoms with Gasteiger partial charge in [-0.05, 0) is 18.4 Å². The van der Waals surface area contributed by atoms with Gasteiger partial charge in [-0.3, -0.25) is 0 Å². The molecule has 1 aromatic carbocycles. The maximum Gasteiger partial charge on any atom is 0.253 e. The second-order valence-electron chi connectivity index (χ2n) is 5.21. The summed E-state index contributed by atoms with van der Waals surface area (Å²) in [5.74, 6) is 1.35. The summed E-state index contributed by atoms with van der Waals surface area (Å²) in [6, 6.07) is 10.6. The average molecular weight is 257 g/mol. The molecule has 0 aliphatic rings. The van der Waals surface area contributed by atoms with Crippen molar-refractivity contribution in [1.82, 2.24) is 4.57 Å². The van der Waals surface area contributed by atoms with Gasteiger partial charge in [0.05, 0.1) is 6.54 Å². The number of hydrogen-bond donors (Lipinski definition) is 0. The van der Waals surface area contributed by atoms with Crippen molar-refractivity contribution in [3.8, 4) is 0 Å². The summed E-state index contributed by atoms with van der Waals surface area (Å²) in [6.45, 7) is 6.58. The first-order valence-corrected chi connectivity index (χ1v) is 7.40. The molecule has 0 aliphatic carbocycles. The minimum atomic E-state index is 0.967. The molecular formula is C17H25N2+. The smallest absolute Gasteiger partial charge is 0.234 e. The summed E-state index contributed by atoms with van der Waals surface area (Å²) < 4.78 is 4.70. The predicted octanol–water partition coefficient (Wildman–Crippen LogP) is 3.71. The molecule has 102 valence electrons. The highest BCUT2D eigenvalue weighted by Crippen LogP contribution is 2.05. The molecule has 0 fully saturated rings. The number of aromatic nitrogens is 2. The average Bonchev–Trinajstić information content (AvgIpc) is 2.78. The minimum Gasteiger partial charge on any atom is -0.234 e. The topological polar surface area (TPSA) is 8.81 Å². The lowest BCUT2D eigenvalue weighted by Gasteiger charge is -2.02. The number of nitrogens with zero attached hydrogens (tertiary/aromatic N) is 2. The lowest BCUT2D eigenvalue weighted by atomic mass is 10.2. The Balaban J connectivity index is 1.94. The first-order valence-electron chi connectivity index (χ1n) is 7.40. The molecule has 2 heteroatoms. The van der Waals surface area contributed by atoms with Crippen LogP contribution in [0, 0.1) is 6.92 Å². The molecule has 2 rings (SSSR count). The van der Waals surface area contributed by atoms with E-state index in [1.807, 2.05) is 0 Å². The molecular weight excluding hydrogens is 232 g/mol. The van der Waals surface area contributed by atoms with E-state index in [2.05, 4.69) is 65.7 Å². The lowest BCUT2D eigenvalue weighted by molar-refractivity contribution is -0.702. The molecule has 1 heterocycles. The van der Waals surface area contributed by atoms with Crippen LogP contribution in [0.1, 0.15) is 44.0 Å². The third-order valence-corrected chi connectivity index (χ3v) is 3.71. The van der Waals surface area contributed by atoms with Gasteiger partial charge in [-0.25, -0.2) is 9.13 Å². The van der Waals surface area contributed by atoms with Crippen molar-refractivity contribution in [3.63, 3.8) is 0 Å². The maximum absolute atomic E-state index is 2.37. The van der Waals surface area contributed by atoms with Crippen LogP contribution in [0.4, 0.5) is 0 Å². The molecule has 1 aromatic heterocycles. The van der Waals surface area contributed by atoms with Crippen LogP contribution < -0.4 is 4.57 Å². The van der Waals surface area contributed by atoms with Crippen LogP contribution >= 0.6 is 0 Å². The van der Waals surface area contributed by atoms with E-state index in [1.165, 1.54) is 37.1 Å². The van der Waals surface area contributed by atoms with Crippen molar-refractivity contribution in [1.29, 1.82) is 0 Å². The Morgan fingerprint density at radius 2 is 1.84 bits per heavy atom. The number of rotatable bonds is 7. The molecule has 0 aliphatic heterocycles. The van der Waals surface area contributed by atoms with Gasteiger partial charge >= 0.3 is 0 Å². The highest BCUT2D eigenvalue weighted by atomic mass is 15.1. The Morgan fingerprint density at radius 3 is 2.58 bits per heavy atom. The molecule has 2 aromatic rings. The molecule has 2 nitrogen and oxygen atoms in total. The van der Waals surface area contributed by atoms with Gasteiger partial charge in [0, 0.05) is 6.92 Å². The third kappa shape index (κ3) is 3.95. The zero-order valence-corrected chi connectivity index (χ0v) is 12.2. The Labute approximate surface area is 116 Å². The largest absolute Gasteiger partial charge is 0.253 e. The number of imidazole rings is 1. The summed E-state index contributed by atoms with van der Waals surface area (Å²) in [5, 5.41) is 0.